The van der Waals surface area contributed by atoms with Crippen molar-refractivity contribution in [3.05, 3.63) is 35.6 Å². The van der Waals surface area contributed by atoms with Crippen LogP contribution in [0.2, 0.25) is 0 Å². The number of carbonyl (C=O) groups excluding carboxylic acids is 1. The van der Waals surface area contributed by atoms with E-state index in [4.69, 9.17) is 0 Å². The van der Waals surface area contributed by atoms with Crippen LogP contribution in [0.5, 0.6) is 0 Å². The molecule has 2 aliphatic rings. The first-order valence-corrected chi connectivity index (χ1v) is 10.5. The van der Waals surface area contributed by atoms with Crippen molar-refractivity contribution >= 4 is 15.9 Å². The molecule has 0 aromatic heterocycles. The van der Waals surface area contributed by atoms with E-state index in [0.29, 0.717) is 38.9 Å². The van der Waals surface area contributed by atoms with Gasteiger partial charge in [-0.25, -0.2) is 12.8 Å². The second-order valence-corrected chi connectivity index (χ2v) is 8.84. The van der Waals surface area contributed by atoms with Crippen LogP contribution in [0.15, 0.2) is 24.3 Å². The molecule has 1 unspecified atom stereocenters. The van der Waals surface area contributed by atoms with Crippen LogP contribution >= 0.6 is 0 Å². The third kappa shape index (κ3) is 3.31. The lowest BCUT2D eigenvalue weighted by atomic mass is 9.86. The van der Waals surface area contributed by atoms with E-state index in [1.54, 1.807) is 11.0 Å². The Morgan fingerprint density at radius 1 is 1.16 bits per heavy atom. The number of hydrogen-bond acceptors (Lipinski definition) is 3. The Hall–Kier alpha value is -1.47. The van der Waals surface area contributed by atoms with Gasteiger partial charge < -0.3 is 4.90 Å². The zero-order chi connectivity index (χ0) is 18.1. The topological polar surface area (TPSA) is 57.7 Å². The molecule has 1 atom stereocenters. The molecular formula is C18H25FN2O3S. The third-order valence-electron chi connectivity index (χ3n) is 5.26. The van der Waals surface area contributed by atoms with Gasteiger partial charge >= 0.3 is 0 Å². The molecule has 7 heteroatoms. The lowest BCUT2D eigenvalue weighted by Crippen LogP contribution is -2.61. The molecule has 0 N–H and O–H groups in total. The molecule has 5 nitrogen and oxygen atoms in total. The molecule has 0 aliphatic carbocycles. The summed E-state index contributed by atoms with van der Waals surface area (Å²) in [6.07, 6.45) is 3.44. The molecule has 25 heavy (non-hydrogen) atoms. The Morgan fingerprint density at radius 3 is 2.52 bits per heavy atom. The summed E-state index contributed by atoms with van der Waals surface area (Å²) in [6.45, 7) is 3.69. The van der Waals surface area contributed by atoms with Crippen molar-refractivity contribution in [2.75, 3.05) is 19.6 Å². The van der Waals surface area contributed by atoms with Gasteiger partial charge in [0.15, 0.2) is 0 Å². The highest BCUT2D eigenvalue weighted by Gasteiger charge is 2.54. The fraction of sp³-hybridized carbons (Fsp3) is 0.611. The monoisotopic (exact) mass is 368 g/mol. The van der Waals surface area contributed by atoms with Gasteiger partial charge in [0.25, 0.3) is 0 Å². The first-order chi connectivity index (χ1) is 11.9. The van der Waals surface area contributed by atoms with Gasteiger partial charge in [-0.15, -0.1) is 0 Å². The molecule has 1 aromatic rings. The second-order valence-electron chi connectivity index (χ2n) is 6.95. The largest absolute Gasteiger partial charge is 0.341 e. The molecule has 2 heterocycles. The minimum Gasteiger partial charge on any atom is -0.341 e. The molecule has 0 saturated carbocycles. The van der Waals surface area contributed by atoms with Crippen molar-refractivity contribution in [2.45, 2.75) is 50.3 Å². The number of likely N-dealkylation sites (tertiary alicyclic amines) is 1. The van der Waals surface area contributed by atoms with Crippen molar-refractivity contribution < 1.29 is 17.6 Å². The third-order valence-corrected chi connectivity index (χ3v) is 7.14. The van der Waals surface area contributed by atoms with Gasteiger partial charge in [0.1, 0.15) is 11.4 Å². The number of carbonyl (C=O) groups is 1. The highest BCUT2D eigenvalue weighted by atomic mass is 32.2. The molecule has 2 saturated heterocycles. The average molecular weight is 368 g/mol. The van der Waals surface area contributed by atoms with Crippen LogP contribution in [-0.2, 0) is 20.6 Å². The second kappa shape index (κ2) is 7.03. The molecule has 1 spiro atoms. The zero-order valence-corrected chi connectivity index (χ0v) is 15.4. The van der Waals surface area contributed by atoms with Crippen molar-refractivity contribution in [3.8, 4) is 0 Å². The minimum atomic E-state index is -3.77. The Bertz CT molecular complexity index is 750. The molecule has 0 bridgehead atoms. The Kier molecular flexibility index (Phi) is 5.16. The van der Waals surface area contributed by atoms with Gasteiger partial charge in [-0.2, -0.15) is 4.31 Å². The number of benzene rings is 1. The van der Waals surface area contributed by atoms with E-state index in [1.807, 2.05) is 6.92 Å². The van der Waals surface area contributed by atoms with Gasteiger partial charge in [0, 0.05) is 25.2 Å². The maximum absolute atomic E-state index is 13.9. The molecule has 2 fully saturated rings. The van der Waals surface area contributed by atoms with Crippen LogP contribution in [0.1, 0.15) is 44.6 Å². The average Bonchev–Trinajstić information content (AvgIpc) is 3.00. The Labute approximate surface area is 148 Å². The maximum Gasteiger partial charge on any atom is 0.244 e. The summed E-state index contributed by atoms with van der Waals surface area (Å²) in [5.74, 6) is -1.00. The highest BCUT2D eigenvalue weighted by Crippen LogP contribution is 2.40. The molecular weight excluding hydrogens is 343 g/mol. The summed E-state index contributed by atoms with van der Waals surface area (Å²) in [4.78, 5) is 14.9. The molecule has 1 aromatic carbocycles. The summed E-state index contributed by atoms with van der Waals surface area (Å²) < 4.78 is 41.3. The fourth-order valence-corrected chi connectivity index (χ4v) is 6.14. The number of rotatable bonds is 5. The van der Waals surface area contributed by atoms with Crippen molar-refractivity contribution in [2.24, 2.45) is 0 Å². The number of halogens is 1. The van der Waals surface area contributed by atoms with E-state index in [0.717, 1.165) is 12.8 Å². The quantitative estimate of drug-likeness (QED) is 0.802. The number of hydrogen-bond donors (Lipinski definition) is 0. The van der Waals surface area contributed by atoms with E-state index in [1.165, 1.54) is 22.5 Å². The van der Waals surface area contributed by atoms with E-state index < -0.39 is 27.1 Å². The van der Waals surface area contributed by atoms with Crippen LogP contribution in [0.4, 0.5) is 4.39 Å². The SMILES string of the molecule is CCCN1CCCC2(CCCN2S(=O)(=O)Cc2ccccc2F)C1=O. The van der Waals surface area contributed by atoms with E-state index in [2.05, 4.69) is 0 Å². The summed E-state index contributed by atoms with van der Waals surface area (Å²) in [5, 5.41) is 0. The smallest absolute Gasteiger partial charge is 0.244 e. The van der Waals surface area contributed by atoms with Gasteiger partial charge in [-0.3, -0.25) is 4.79 Å². The van der Waals surface area contributed by atoms with E-state index >= 15 is 0 Å². The van der Waals surface area contributed by atoms with E-state index in [9.17, 15) is 17.6 Å². The normalized spacial score (nSPS) is 25.0. The van der Waals surface area contributed by atoms with Gasteiger partial charge in [0.2, 0.25) is 15.9 Å². The summed E-state index contributed by atoms with van der Waals surface area (Å²) in [6, 6.07) is 5.92. The molecule has 2 aliphatic heterocycles. The Balaban J connectivity index is 1.90. The van der Waals surface area contributed by atoms with Gasteiger partial charge in [0.05, 0.1) is 5.75 Å². The molecule has 0 radical (unpaired) electrons. The lowest BCUT2D eigenvalue weighted by Gasteiger charge is -2.43. The van der Waals surface area contributed by atoms with Crippen LogP contribution in [0.25, 0.3) is 0 Å². The van der Waals surface area contributed by atoms with Crippen LogP contribution in [-0.4, -0.2) is 48.7 Å². The first-order valence-electron chi connectivity index (χ1n) is 8.94. The van der Waals surface area contributed by atoms with Gasteiger partial charge in [-0.05, 0) is 38.2 Å². The van der Waals surface area contributed by atoms with Crippen LogP contribution < -0.4 is 0 Å². The highest BCUT2D eigenvalue weighted by molar-refractivity contribution is 7.88. The number of sulfonamides is 1. The van der Waals surface area contributed by atoms with E-state index in [-0.39, 0.29) is 11.5 Å². The maximum atomic E-state index is 13.9. The number of amides is 1. The van der Waals surface area contributed by atoms with Gasteiger partial charge in [-0.1, -0.05) is 25.1 Å². The van der Waals surface area contributed by atoms with Crippen LogP contribution in [0, 0.1) is 5.82 Å². The molecule has 138 valence electrons. The minimum absolute atomic E-state index is 0.0739. The predicted octanol–water partition coefficient (Wildman–Crippen LogP) is 2.52. The number of nitrogens with zero attached hydrogens (tertiary/aromatic N) is 2. The Morgan fingerprint density at radius 2 is 1.84 bits per heavy atom. The summed E-state index contributed by atoms with van der Waals surface area (Å²) >= 11 is 0. The van der Waals surface area contributed by atoms with Crippen LogP contribution in [0.3, 0.4) is 0 Å². The fourth-order valence-electron chi connectivity index (χ4n) is 4.16. The summed E-state index contributed by atoms with van der Waals surface area (Å²) in [5.41, 5.74) is -0.810. The van der Waals surface area contributed by atoms with Crippen molar-refractivity contribution in [3.63, 3.8) is 0 Å². The molecule has 1 amide bonds. The van der Waals surface area contributed by atoms with Crippen molar-refractivity contribution in [1.29, 1.82) is 0 Å². The standard InChI is InChI=1S/C18H25FN2O3S/c1-2-11-20-12-5-9-18(17(20)22)10-6-13-21(18)25(23,24)14-15-7-3-4-8-16(15)19/h3-4,7-8H,2,5-6,9-14H2,1H3. The first kappa shape index (κ1) is 18.3. The zero-order valence-electron chi connectivity index (χ0n) is 14.6. The molecule has 3 rings (SSSR count). The summed E-state index contributed by atoms with van der Waals surface area (Å²) in [7, 11) is -3.77. The number of piperidine rings is 1. The van der Waals surface area contributed by atoms with Crippen molar-refractivity contribution in [1.82, 2.24) is 9.21 Å². The predicted molar refractivity (Wildman–Crippen MR) is 93.8 cm³/mol. The lowest BCUT2D eigenvalue weighted by molar-refractivity contribution is -0.144.